The number of aliphatic hydroxyl groups is 1. The van der Waals surface area contributed by atoms with Gasteiger partial charge in [-0.1, -0.05) is 78.3 Å². The molecule has 2 atom stereocenters. The van der Waals surface area contributed by atoms with Gasteiger partial charge in [0.15, 0.2) is 5.60 Å². The van der Waals surface area contributed by atoms with Crippen LogP contribution < -0.4 is 0 Å². The molecule has 43 heavy (non-hydrogen) atoms. The average Bonchev–Trinajstić information content (AvgIpc) is 3.74. The largest absolute Gasteiger partial charge is 0.481 e. The maximum Gasteiger partial charge on any atom is 0.340 e. The van der Waals surface area contributed by atoms with E-state index in [-0.39, 0.29) is 17.1 Å². The number of thioether (sulfide) groups is 1. The van der Waals surface area contributed by atoms with Crippen molar-refractivity contribution in [2.24, 2.45) is 5.41 Å². The maximum atomic E-state index is 11.8. The van der Waals surface area contributed by atoms with E-state index in [1.54, 1.807) is 23.9 Å². The second-order valence-electron chi connectivity index (χ2n) is 11.5. The Kier molecular flexibility index (Phi) is 9.25. The van der Waals surface area contributed by atoms with Gasteiger partial charge in [0, 0.05) is 21.4 Å². The van der Waals surface area contributed by atoms with Crippen molar-refractivity contribution in [1.82, 2.24) is 4.98 Å². The van der Waals surface area contributed by atoms with E-state index in [0.29, 0.717) is 23.4 Å². The van der Waals surface area contributed by atoms with E-state index in [2.05, 4.69) is 12.1 Å². The van der Waals surface area contributed by atoms with Crippen molar-refractivity contribution in [1.29, 1.82) is 0 Å². The number of benzene rings is 3. The summed E-state index contributed by atoms with van der Waals surface area (Å²) < 4.78 is 0. The van der Waals surface area contributed by atoms with Crippen LogP contribution in [0.15, 0.2) is 78.9 Å². The molecule has 1 aromatic heterocycles. The first-order valence-electron chi connectivity index (χ1n) is 14.3. The highest BCUT2D eigenvalue weighted by Gasteiger charge is 2.44. The Balaban J connectivity index is 1.39. The van der Waals surface area contributed by atoms with Gasteiger partial charge in [-0.05, 0) is 84.6 Å². The van der Waals surface area contributed by atoms with Crippen molar-refractivity contribution in [2.75, 3.05) is 5.75 Å². The van der Waals surface area contributed by atoms with Gasteiger partial charge in [-0.25, -0.2) is 9.78 Å². The minimum absolute atomic E-state index is 0.0448. The fraction of sp³-hybridized carbons (Fsp3) is 0.286. The molecule has 0 bridgehead atoms. The molecule has 1 aliphatic rings. The van der Waals surface area contributed by atoms with E-state index >= 15 is 0 Å². The number of hydrogen-bond acceptors (Lipinski definition) is 5. The van der Waals surface area contributed by atoms with E-state index in [1.807, 2.05) is 66.7 Å². The van der Waals surface area contributed by atoms with E-state index in [0.717, 1.165) is 51.9 Å². The van der Waals surface area contributed by atoms with E-state index in [1.165, 1.54) is 6.92 Å². The lowest BCUT2D eigenvalue weighted by Gasteiger charge is -2.24. The quantitative estimate of drug-likeness (QED) is 0.140. The van der Waals surface area contributed by atoms with Crippen LogP contribution in [0.4, 0.5) is 0 Å². The molecule has 0 aliphatic heterocycles. The highest BCUT2D eigenvalue weighted by Crippen LogP contribution is 2.53. The van der Waals surface area contributed by atoms with Crippen LogP contribution in [0, 0.1) is 5.41 Å². The van der Waals surface area contributed by atoms with Crippen molar-refractivity contribution in [2.45, 2.75) is 49.9 Å². The lowest BCUT2D eigenvalue weighted by molar-refractivity contribution is -0.157. The van der Waals surface area contributed by atoms with Gasteiger partial charge in [-0.15, -0.1) is 0 Å². The molecule has 222 valence electrons. The first-order valence-corrected chi connectivity index (χ1v) is 15.7. The average molecular weight is 616 g/mol. The van der Waals surface area contributed by atoms with Gasteiger partial charge in [-0.3, -0.25) is 4.79 Å². The molecule has 8 heteroatoms. The van der Waals surface area contributed by atoms with E-state index in [4.69, 9.17) is 16.6 Å². The summed E-state index contributed by atoms with van der Waals surface area (Å²) >= 11 is 7.92. The van der Waals surface area contributed by atoms with Crippen molar-refractivity contribution in [3.05, 3.63) is 112 Å². The second kappa shape index (κ2) is 12.9. The number of carboxylic acid groups (broad SMARTS) is 2. The lowest BCUT2D eigenvalue weighted by atomic mass is 9.89. The summed E-state index contributed by atoms with van der Waals surface area (Å²) in [6.07, 6.45) is 7.25. The number of hydrogen-bond donors (Lipinski definition) is 3. The molecule has 0 saturated heterocycles. The van der Waals surface area contributed by atoms with Crippen LogP contribution >= 0.6 is 23.4 Å². The number of carboxylic acids is 2. The predicted octanol–water partition coefficient (Wildman–Crippen LogP) is 8.01. The van der Waals surface area contributed by atoms with Crippen molar-refractivity contribution in [3.8, 4) is 0 Å². The Morgan fingerprint density at radius 2 is 1.79 bits per heavy atom. The Morgan fingerprint density at radius 3 is 2.53 bits per heavy atom. The van der Waals surface area contributed by atoms with Gasteiger partial charge in [0.05, 0.1) is 17.6 Å². The molecule has 5 rings (SSSR count). The molecular weight excluding hydrogens is 582 g/mol. The number of nitrogens with zero attached hydrogens (tertiary/aromatic N) is 1. The summed E-state index contributed by atoms with van der Waals surface area (Å²) in [5.41, 5.74) is 2.78. The second-order valence-corrected chi connectivity index (χ2v) is 13.1. The number of aryl methyl sites for hydroxylation is 1. The SMILES string of the molecule is C[C@@](O)(C(=O)O)c1ccccc1CC[C@@H](SCC1(CC(=O)O)CC1)c1cccc(/C=C/c2ccc3ccc(Cl)cc3n2)c1. The molecule has 0 radical (unpaired) electrons. The highest BCUT2D eigenvalue weighted by atomic mass is 35.5. The fourth-order valence-corrected chi connectivity index (χ4v) is 7.09. The van der Waals surface area contributed by atoms with Crippen LogP contribution in [-0.2, 0) is 21.6 Å². The molecule has 1 heterocycles. The molecule has 1 aliphatic carbocycles. The maximum absolute atomic E-state index is 11.8. The minimum Gasteiger partial charge on any atom is -0.481 e. The third-order valence-corrected chi connectivity index (χ3v) is 10.0. The zero-order chi connectivity index (χ0) is 30.6. The topological polar surface area (TPSA) is 108 Å². The summed E-state index contributed by atoms with van der Waals surface area (Å²) in [6, 6.07) is 25.0. The molecule has 0 amide bonds. The highest BCUT2D eigenvalue weighted by molar-refractivity contribution is 7.99. The first-order chi connectivity index (χ1) is 20.5. The van der Waals surface area contributed by atoms with Crippen molar-refractivity contribution >= 4 is 58.4 Å². The molecule has 0 spiro atoms. The molecule has 6 nitrogen and oxygen atoms in total. The van der Waals surface area contributed by atoms with Crippen LogP contribution in [0.2, 0.25) is 5.02 Å². The summed E-state index contributed by atoms with van der Waals surface area (Å²) in [5, 5.41) is 31.5. The van der Waals surface area contributed by atoms with Crippen LogP contribution in [0.3, 0.4) is 0 Å². The standard InChI is InChI=1S/C35H34ClNO5S/c1-34(42,33(40)41)29-8-3-2-6-24(29)12-16-31(43-22-35(17-18-35)21-32(38)39)26-7-4-5-23(19-26)9-14-28-15-11-25-10-13-27(36)20-30(25)37-28/h2-11,13-15,19-20,31,42H,12,16-18,21-22H2,1H3,(H,38,39)(H,40,41)/b14-9+/t31-,34+/m1/s1. The minimum atomic E-state index is -1.99. The summed E-state index contributed by atoms with van der Waals surface area (Å²) in [5.74, 6) is -1.32. The molecular formula is C35H34ClNO5S. The third-order valence-electron chi connectivity index (χ3n) is 8.11. The van der Waals surface area contributed by atoms with Gasteiger partial charge in [-0.2, -0.15) is 11.8 Å². The first kappa shape index (κ1) is 30.8. The number of carbonyl (C=O) groups is 2. The van der Waals surface area contributed by atoms with Gasteiger partial charge < -0.3 is 15.3 Å². The molecule has 3 N–H and O–H groups in total. The number of halogens is 1. The molecule has 3 aromatic carbocycles. The smallest absolute Gasteiger partial charge is 0.340 e. The van der Waals surface area contributed by atoms with Gasteiger partial charge in [0.2, 0.25) is 0 Å². The molecule has 0 unspecified atom stereocenters. The van der Waals surface area contributed by atoms with Crippen molar-refractivity contribution in [3.63, 3.8) is 0 Å². The van der Waals surface area contributed by atoms with Crippen LogP contribution in [0.5, 0.6) is 0 Å². The number of pyridine rings is 1. The zero-order valence-corrected chi connectivity index (χ0v) is 25.4. The van der Waals surface area contributed by atoms with Crippen LogP contribution in [0.1, 0.15) is 65.8 Å². The number of aromatic nitrogens is 1. The number of fused-ring (bicyclic) bond motifs is 1. The zero-order valence-electron chi connectivity index (χ0n) is 23.9. The van der Waals surface area contributed by atoms with Gasteiger partial charge in [0.25, 0.3) is 0 Å². The molecule has 1 saturated carbocycles. The monoisotopic (exact) mass is 615 g/mol. The lowest BCUT2D eigenvalue weighted by Crippen LogP contribution is -2.33. The number of rotatable bonds is 13. The Morgan fingerprint density at radius 1 is 1.02 bits per heavy atom. The summed E-state index contributed by atoms with van der Waals surface area (Å²) in [7, 11) is 0. The summed E-state index contributed by atoms with van der Waals surface area (Å²) in [4.78, 5) is 28.0. The number of aliphatic carboxylic acids is 2. The van der Waals surface area contributed by atoms with Crippen molar-refractivity contribution < 1.29 is 24.9 Å². The van der Waals surface area contributed by atoms with Crippen LogP contribution in [0.25, 0.3) is 23.1 Å². The Labute approximate surface area is 260 Å². The normalized spacial score (nSPS) is 16.2. The van der Waals surface area contributed by atoms with E-state index in [9.17, 15) is 24.9 Å². The van der Waals surface area contributed by atoms with Gasteiger partial charge in [0.1, 0.15) is 0 Å². The fourth-order valence-electron chi connectivity index (χ4n) is 5.35. The molecule has 4 aromatic rings. The van der Waals surface area contributed by atoms with Crippen LogP contribution in [-0.4, -0.2) is 38.0 Å². The van der Waals surface area contributed by atoms with Gasteiger partial charge >= 0.3 is 11.9 Å². The third kappa shape index (κ3) is 7.66. The molecule has 1 fully saturated rings. The predicted molar refractivity (Wildman–Crippen MR) is 173 cm³/mol. The van der Waals surface area contributed by atoms with E-state index < -0.39 is 17.5 Å². The Hall–Kier alpha value is -3.65. The Bertz CT molecular complexity index is 1680. The summed E-state index contributed by atoms with van der Waals surface area (Å²) in [6.45, 7) is 1.30.